The molecule has 2 aromatic carbocycles. The zero-order valence-corrected chi connectivity index (χ0v) is 14.8. The summed E-state index contributed by atoms with van der Waals surface area (Å²) < 4.78 is 15.8. The Kier molecular flexibility index (Phi) is 6.25. The van der Waals surface area contributed by atoms with Crippen LogP contribution in [0.3, 0.4) is 0 Å². The molecule has 6 nitrogen and oxygen atoms in total. The van der Waals surface area contributed by atoms with Crippen molar-refractivity contribution in [1.82, 2.24) is 0 Å². The van der Waals surface area contributed by atoms with Gasteiger partial charge in [-0.1, -0.05) is 11.6 Å². The van der Waals surface area contributed by atoms with E-state index in [1.54, 1.807) is 36.4 Å². The average Bonchev–Trinajstić information content (AvgIpc) is 2.59. The molecule has 0 unspecified atom stereocenters. The third-order valence-electron chi connectivity index (χ3n) is 3.36. The van der Waals surface area contributed by atoms with Crippen LogP contribution in [0, 0.1) is 0 Å². The summed E-state index contributed by atoms with van der Waals surface area (Å²) >= 11 is 5.93. The molecule has 0 saturated carbocycles. The van der Waals surface area contributed by atoms with Crippen molar-refractivity contribution in [1.29, 1.82) is 0 Å². The summed E-state index contributed by atoms with van der Waals surface area (Å²) in [5.74, 6) is 0.747. The van der Waals surface area contributed by atoms with Gasteiger partial charge in [0.2, 0.25) is 0 Å². The van der Waals surface area contributed by atoms with Crippen LogP contribution in [0.5, 0.6) is 17.2 Å². The second-order valence-corrected chi connectivity index (χ2v) is 5.54. The molecule has 0 aromatic heterocycles. The van der Waals surface area contributed by atoms with E-state index >= 15 is 0 Å². The molecule has 1 amide bonds. The highest BCUT2D eigenvalue weighted by Gasteiger charge is 2.12. The smallest absolute Gasteiger partial charge is 0.262 e. The minimum absolute atomic E-state index is 0.0874. The lowest BCUT2D eigenvalue weighted by Crippen LogP contribution is -2.20. The molecular formula is C18H18ClNO5. The minimum Gasteiger partial charge on any atom is -0.495 e. The summed E-state index contributed by atoms with van der Waals surface area (Å²) in [6, 6.07) is 9.66. The summed E-state index contributed by atoms with van der Waals surface area (Å²) in [6.07, 6.45) is 0. The summed E-state index contributed by atoms with van der Waals surface area (Å²) in [4.78, 5) is 23.5. The fourth-order valence-corrected chi connectivity index (χ4v) is 2.29. The number of hydrogen-bond acceptors (Lipinski definition) is 5. The van der Waals surface area contributed by atoms with E-state index in [-0.39, 0.29) is 12.4 Å². The van der Waals surface area contributed by atoms with Crippen molar-refractivity contribution in [2.24, 2.45) is 0 Å². The molecule has 25 heavy (non-hydrogen) atoms. The largest absolute Gasteiger partial charge is 0.495 e. The first-order chi connectivity index (χ1) is 11.9. The van der Waals surface area contributed by atoms with Gasteiger partial charge >= 0.3 is 0 Å². The molecule has 0 aliphatic heterocycles. The molecule has 7 heteroatoms. The van der Waals surface area contributed by atoms with Gasteiger partial charge in [-0.15, -0.1) is 0 Å². The summed E-state index contributed by atoms with van der Waals surface area (Å²) in [5, 5.41) is 3.14. The number of ether oxygens (including phenoxy) is 3. The van der Waals surface area contributed by atoms with Gasteiger partial charge < -0.3 is 19.5 Å². The van der Waals surface area contributed by atoms with Gasteiger partial charge in [-0.2, -0.15) is 0 Å². The number of nitrogens with one attached hydrogen (secondary N) is 1. The Hall–Kier alpha value is -2.73. The highest BCUT2D eigenvalue weighted by atomic mass is 35.5. The lowest BCUT2D eigenvalue weighted by molar-refractivity contribution is -0.118. The molecule has 0 atom stereocenters. The number of carbonyl (C=O) groups excluding carboxylic acids is 2. The highest BCUT2D eigenvalue weighted by molar-refractivity contribution is 6.31. The fourth-order valence-electron chi connectivity index (χ4n) is 2.11. The van der Waals surface area contributed by atoms with Crippen LogP contribution in [0.2, 0.25) is 5.02 Å². The summed E-state index contributed by atoms with van der Waals surface area (Å²) in [7, 11) is 2.96. The van der Waals surface area contributed by atoms with E-state index in [2.05, 4.69) is 5.32 Å². The number of anilines is 1. The van der Waals surface area contributed by atoms with Crippen LogP contribution in [0.4, 0.5) is 5.69 Å². The Morgan fingerprint density at radius 2 is 1.68 bits per heavy atom. The minimum atomic E-state index is -0.390. The number of halogens is 1. The summed E-state index contributed by atoms with van der Waals surface area (Å²) in [6.45, 7) is 1.21. The Morgan fingerprint density at radius 3 is 2.32 bits per heavy atom. The van der Waals surface area contributed by atoms with Gasteiger partial charge in [0.25, 0.3) is 5.91 Å². The van der Waals surface area contributed by atoms with Crippen LogP contribution in [0.15, 0.2) is 36.4 Å². The van der Waals surface area contributed by atoms with E-state index in [1.165, 1.54) is 21.1 Å². The number of rotatable bonds is 7. The Labute approximate surface area is 150 Å². The van der Waals surface area contributed by atoms with Gasteiger partial charge in [-0.3, -0.25) is 9.59 Å². The highest BCUT2D eigenvalue weighted by Crippen LogP contribution is 2.29. The number of benzene rings is 2. The zero-order valence-electron chi connectivity index (χ0n) is 14.1. The van der Waals surface area contributed by atoms with Gasteiger partial charge in [0.05, 0.1) is 19.9 Å². The second-order valence-electron chi connectivity index (χ2n) is 5.10. The number of amides is 1. The molecule has 0 radical (unpaired) electrons. The first kappa shape index (κ1) is 18.6. The second kappa shape index (κ2) is 8.39. The molecule has 0 aliphatic rings. The molecule has 0 saturated heterocycles. The van der Waals surface area contributed by atoms with Crippen molar-refractivity contribution < 1.29 is 23.8 Å². The molecule has 1 N–H and O–H groups in total. The van der Waals surface area contributed by atoms with E-state index in [4.69, 9.17) is 25.8 Å². The van der Waals surface area contributed by atoms with Crippen LogP contribution in [0.1, 0.15) is 17.3 Å². The maximum Gasteiger partial charge on any atom is 0.262 e. The van der Waals surface area contributed by atoms with Crippen molar-refractivity contribution >= 4 is 29.0 Å². The van der Waals surface area contributed by atoms with Crippen molar-refractivity contribution in [3.05, 3.63) is 47.0 Å². The van der Waals surface area contributed by atoms with E-state index < -0.39 is 5.91 Å². The predicted molar refractivity (Wildman–Crippen MR) is 95.1 cm³/mol. The van der Waals surface area contributed by atoms with E-state index in [9.17, 15) is 9.59 Å². The molecule has 2 rings (SSSR count). The standard InChI is InChI=1S/C18H18ClNO5/c1-11(21)12-4-6-16(17(8-12)24-3)25-10-18(22)20-14-9-13(19)5-7-15(14)23-2/h4-9H,10H2,1-3H3,(H,20,22). The fraction of sp³-hybridized carbons (Fsp3) is 0.222. The van der Waals surface area contributed by atoms with Crippen LogP contribution in [0.25, 0.3) is 0 Å². The van der Waals surface area contributed by atoms with Gasteiger partial charge in [-0.05, 0) is 43.3 Å². The van der Waals surface area contributed by atoms with Gasteiger partial charge in [0, 0.05) is 10.6 Å². The number of Topliss-reactive ketones (excluding diaryl/α,β-unsaturated/α-hetero) is 1. The SMILES string of the molecule is COc1ccc(Cl)cc1NC(=O)COc1ccc(C(C)=O)cc1OC. The predicted octanol–water partition coefficient (Wildman–Crippen LogP) is 3.58. The molecule has 2 aromatic rings. The van der Waals surface area contributed by atoms with Crippen molar-refractivity contribution in [2.45, 2.75) is 6.92 Å². The lowest BCUT2D eigenvalue weighted by Gasteiger charge is -2.13. The van der Waals surface area contributed by atoms with Gasteiger partial charge in [0.15, 0.2) is 23.9 Å². The van der Waals surface area contributed by atoms with Crippen molar-refractivity contribution in [2.75, 3.05) is 26.1 Å². The Morgan fingerprint density at radius 1 is 1.00 bits per heavy atom. The van der Waals surface area contributed by atoms with Crippen molar-refractivity contribution in [3.63, 3.8) is 0 Å². The molecule has 132 valence electrons. The third-order valence-corrected chi connectivity index (χ3v) is 3.60. The summed E-state index contributed by atoms with van der Waals surface area (Å²) in [5.41, 5.74) is 0.944. The number of carbonyl (C=O) groups is 2. The Balaban J connectivity index is 2.05. The number of methoxy groups -OCH3 is 2. The van der Waals surface area contributed by atoms with Gasteiger partial charge in [-0.25, -0.2) is 0 Å². The third kappa shape index (κ3) is 4.87. The van der Waals surface area contributed by atoms with E-state index in [0.717, 1.165) is 0 Å². The topological polar surface area (TPSA) is 73.9 Å². The molecule has 0 aliphatic carbocycles. The van der Waals surface area contributed by atoms with E-state index in [0.29, 0.717) is 33.5 Å². The molecular weight excluding hydrogens is 346 g/mol. The number of hydrogen-bond donors (Lipinski definition) is 1. The monoisotopic (exact) mass is 363 g/mol. The molecule has 0 fully saturated rings. The zero-order chi connectivity index (χ0) is 18.4. The van der Waals surface area contributed by atoms with Gasteiger partial charge in [0.1, 0.15) is 5.75 Å². The van der Waals surface area contributed by atoms with Crippen LogP contribution in [-0.4, -0.2) is 32.5 Å². The van der Waals surface area contributed by atoms with Crippen molar-refractivity contribution in [3.8, 4) is 17.2 Å². The van der Waals surface area contributed by atoms with E-state index in [1.807, 2.05) is 0 Å². The average molecular weight is 364 g/mol. The van der Waals surface area contributed by atoms with Crippen LogP contribution in [-0.2, 0) is 4.79 Å². The maximum absolute atomic E-state index is 12.1. The first-order valence-electron chi connectivity index (χ1n) is 7.39. The van der Waals surface area contributed by atoms with Crippen LogP contribution < -0.4 is 19.5 Å². The lowest BCUT2D eigenvalue weighted by atomic mass is 10.1. The Bertz CT molecular complexity index is 791. The van der Waals surface area contributed by atoms with Crippen LogP contribution >= 0.6 is 11.6 Å². The molecule has 0 bridgehead atoms. The normalized spacial score (nSPS) is 10.1. The quantitative estimate of drug-likeness (QED) is 0.761. The molecule has 0 spiro atoms. The maximum atomic E-state index is 12.1. The number of ketones is 1. The first-order valence-corrected chi connectivity index (χ1v) is 7.77. The molecule has 0 heterocycles.